The van der Waals surface area contributed by atoms with E-state index in [1.54, 1.807) is 24.3 Å². The van der Waals surface area contributed by atoms with Crippen molar-refractivity contribution < 1.29 is 22.6 Å². The zero-order valence-electron chi connectivity index (χ0n) is 9.54. The molecule has 7 heteroatoms. The molecule has 0 saturated carbocycles. The van der Waals surface area contributed by atoms with E-state index >= 15 is 0 Å². The Hall–Kier alpha value is -0.698. The van der Waals surface area contributed by atoms with E-state index in [0.29, 0.717) is 5.46 Å². The number of benzene rings is 1. The molecule has 0 bridgehead atoms. The second-order valence-corrected chi connectivity index (χ2v) is 5.45. The minimum atomic E-state index is -3.21. The van der Waals surface area contributed by atoms with Crippen LogP contribution in [0.3, 0.4) is 0 Å². The topological polar surface area (TPSA) is 57.2 Å². The fourth-order valence-corrected chi connectivity index (χ4v) is 2.41. The first kappa shape index (κ1) is 13.4. The van der Waals surface area contributed by atoms with E-state index in [4.69, 9.17) is 17.6 Å². The van der Waals surface area contributed by atoms with E-state index in [1.165, 1.54) is 21.3 Å². The minimum Gasteiger partial charge on any atom is -0.424 e. The summed E-state index contributed by atoms with van der Waals surface area (Å²) in [4.78, 5) is 0. The highest BCUT2D eigenvalue weighted by Gasteiger charge is 2.45. The highest BCUT2D eigenvalue weighted by atomic mass is 28.4. The lowest BCUT2D eigenvalue weighted by molar-refractivity contribution is 0.0451. The average Bonchev–Trinajstić information content (AvgIpc) is 2.37. The van der Waals surface area contributed by atoms with Crippen LogP contribution in [0.25, 0.3) is 0 Å². The van der Waals surface area contributed by atoms with Crippen LogP contribution in [0, 0.1) is 0 Å². The molecule has 1 rings (SSSR count). The Morgan fingerprint density at radius 1 is 1.00 bits per heavy atom. The van der Waals surface area contributed by atoms with Crippen LogP contribution in [0.5, 0.6) is 0 Å². The number of hydrogen-bond acceptors (Lipinski definition) is 5. The fraction of sp³-hybridized carbons (Fsp3) is 0.333. The minimum absolute atomic E-state index is 0.616. The summed E-state index contributed by atoms with van der Waals surface area (Å²) in [6.07, 6.45) is 0. The third-order valence-electron chi connectivity index (χ3n) is 2.09. The molecule has 16 heavy (non-hydrogen) atoms. The van der Waals surface area contributed by atoms with Gasteiger partial charge in [0.1, 0.15) is 0 Å². The van der Waals surface area contributed by atoms with Crippen LogP contribution in [0.1, 0.15) is 0 Å². The Morgan fingerprint density at radius 3 is 1.94 bits per heavy atom. The van der Waals surface area contributed by atoms with Gasteiger partial charge in [-0.2, -0.15) is 0 Å². The lowest BCUT2D eigenvalue weighted by atomic mass is 9.80. The standard InChI is InChI=1S/C9H15BO5Si/c1-12-16(13-2,14-3)15-10(11)9-7-5-4-6-8-9/h4-8,11H,1-3H3. The summed E-state index contributed by atoms with van der Waals surface area (Å²) < 4.78 is 20.4. The summed E-state index contributed by atoms with van der Waals surface area (Å²) in [5.74, 6) is 0. The molecule has 0 fully saturated rings. The van der Waals surface area contributed by atoms with Crippen molar-refractivity contribution in [2.24, 2.45) is 0 Å². The summed E-state index contributed by atoms with van der Waals surface area (Å²) in [6, 6.07) is 8.94. The predicted octanol–water partition coefficient (Wildman–Crippen LogP) is -0.235. The van der Waals surface area contributed by atoms with Crippen LogP contribution < -0.4 is 5.46 Å². The molecular weight excluding hydrogens is 227 g/mol. The van der Waals surface area contributed by atoms with E-state index in [0.717, 1.165) is 0 Å². The predicted molar refractivity (Wildman–Crippen MR) is 61.9 cm³/mol. The lowest BCUT2D eigenvalue weighted by Crippen LogP contribution is -2.53. The zero-order chi connectivity index (χ0) is 12.0. The van der Waals surface area contributed by atoms with Gasteiger partial charge in [0.25, 0.3) is 0 Å². The van der Waals surface area contributed by atoms with Crippen LogP contribution in [0.4, 0.5) is 0 Å². The molecule has 0 saturated heterocycles. The van der Waals surface area contributed by atoms with Crippen molar-refractivity contribution in [3.05, 3.63) is 30.3 Å². The van der Waals surface area contributed by atoms with E-state index in [-0.39, 0.29) is 0 Å². The molecule has 88 valence electrons. The maximum absolute atomic E-state index is 9.82. The number of rotatable bonds is 6. The quantitative estimate of drug-likeness (QED) is 0.698. The van der Waals surface area contributed by atoms with Crippen molar-refractivity contribution in [2.45, 2.75) is 0 Å². The first-order chi connectivity index (χ1) is 7.67. The summed E-state index contributed by atoms with van der Waals surface area (Å²) in [5, 5.41) is 9.82. The van der Waals surface area contributed by atoms with E-state index in [1.807, 2.05) is 6.07 Å². The van der Waals surface area contributed by atoms with Crippen molar-refractivity contribution in [1.29, 1.82) is 0 Å². The van der Waals surface area contributed by atoms with Crippen molar-refractivity contribution in [3.63, 3.8) is 0 Å². The van der Waals surface area contributed by atoms with Crippen LogP contribution in [-0.4, -0.2) is 42.5 Å². The van der Waals surface area contributed by atoms with Gasteiger partial charge in [-0.15, -0.1) is 0 Å². The second-order valence-electron chi connectivity index (χ2n) is 2.99. The summed E-state index contributed by atoms with van der Waals surface area (Å²) in [6.45, 7) is 0. The molecule has 0 aliphatic carbocycles. The van der Waals surface area contributed by atoms with Gasteiger partial charge in [-0.25, -0.2) is 0 Å². The molecule has 1 N–H and O–H groups in total. The molecule has 0 atom stereocenters. The second kappa shape index (κ2) is 6.14. The maximum atomic E-state index is 9.82. The molecule has 0 radical (unpaired) electrons. The Bertz CT molecular complexity index is 298. The van der Waals surface area contributed by atoms with Crippen LogP contribution in [0.2, 0.25) is 0 Å². The third-order valence-corrected chi connectivity index (χ3v) is 4.10. The van der Waals surface area contributed by atoms with Gasteiger partial charge in [0.2, 0.25) is 0 Å². The molecular formula is C9H15BO5Si. The van der Waals surface area contributed by atoms with Gasteiger partial charge in [-0.3, -0.25) is 0 Å². The van der Waals surface area contributed by atoms with Gasteiger partial charge in [0.05, 0.1) is 0 Å². The van der Waals surface area contributed by atoms with Gasteiger partial charge in [0, 0.05) is 21.3 Å². The van der Waals surface area contributed by atoms with E-state index < -0.39 is 16.2 Å². The van der Waals surface area contributed by atoms with Gasteiger partial charge in [-0.05, 0) is 5.46 Å². The Morgan fingerprint density at radius 2 is 1.50 bits per heavy atom. The monoisotopic (exact) mass is 242 g/mol. The molecule has 1 aromatic rings. The zero-order valence-corrected chi connectivity index (χ0v) is 10.5. The highest BCUT2D eigenvalue weighted by Crippen LogP contribution is 2.08. The number of hydrogen-bond donors (Lipinski definition) is 1. The molecule has 0 heterocycles. The van der Waals surface area contributed by atoms with Crippen molar-refractivity contribution >= 4 is 21.6 Å². The first-order valence-corrected chi connectivity index (χ1v) is 6.37. The van der Waals surface area contributed by atoms with Crippen LogP contribution >= 0.6 is 0 Å². The van der Waals surface area contributed by atoms with E-state index in [2.05, 4.69) is 0 Å². The smallest absolute Gasteiger partial charge is 0.424 e. The highest BCUT2D eigenvalue weighted by molar-refractivity contribution is 6.70. The largest absolute Gasteiger partial charge is 0.665 e. The Balaban J connectivity index is 2.73. The molecule has 0 aliphatic heterocycles. The summed E-state index contributed by atoms with van der Waals surface area (Å²) in [7, 11) is -0.104. The summed E-state index contributed by atoms with van der Waals surface area (Å²) >= 11 is 0. The molecule has 0 amide bonds. The SMILES string of the molecule is CO[Si](OC)(OC)OB(O)c1ccccc1. The molecule has 0 spiro atoms. The van der Waals surface area contributed by atoms with Crippen molar-refractivity contribution in [1.82, 2.24) is 0 Å². The molecule has 5 nitrogen and oxygen atoms in total. The van der Waals surface area contributed by atoms with Gasteiger partial charge in [0.15, 0.2) is 0 Å². The molecule has 0 unspecified atom stereocenters. The molecule has 0 aliphatic rings. The average molecular weight is 242 g/mol. The van der Waals surface area contributed by atoms with Gasteiger partial charge >= 0.3 is 16.2 Å². The Kier molecular flexibility index (Phi) is 5.13. The Labute approximate surface area is 96.5 Å². The maximum Gasteiger partial charge on any atom is 0.665 e. The van der Waals surface area contributed by atoms with E-state index in [9.17, 15) is 5.02 Å². The normalized spacial score (nSPS) is 11.5. The van der Waals surface area contributed by atoms with Gasteiger partial charge < -0.3 is 22.6 Å². The lowest BCUT2D eigenvalue weighted by Gasteiger charge is -2.24. The summed E-state index contributed by atoms with van der Waals surface area (Å²) in [5.41, 5.74) is 0.616. The van der Waals surface area contributed by atoms with Gasteiger partial charge in [-0.1, -0.05) is 30.3 Å². The van der Waals surface area contributed by atoms with Crippen LogP contribution in [-0.2, 0) is 17.6 Å². The van der Waals surface area contributed by atoms with Crippen molar-refractivity contribution in [3.8, 4) is 0 Å². The van der Waals surface area contributed by atoms with Crippen LogP contribution in [0.15, 0.2) is 30.3 Å². The van der Waals surface area contributed by atoms with Crippen molar-refractivity contribution in [2.75, 3.05) is 21.3 Å². The third kappa shape index (κ3) is 3.14. The molecule has 1 aromatic carbocycles. The fourth-order valence-electron chi connectivity index (χ4n) is 1.22. The molecule has 0 aromatic heterocycles. The first-order valence-electron chi connectivity index (χ1n) is 4.73.